The molecule has 0 aliphatic heterocycles. The lowest BCUT2D eigenvalue weighted by Crippen LogP contribution is -2.29. The van der Waals surface area contributed by atoms with Crippen molar-refractivity contribution in [2.45, 2.75) is 13.0 Å². The summed E-state index contributed by atoms with van der Waals surface area (Å²) in [6.07, 6.45) is 1.30. The zero-order valence-electron chi connectivity index (χ0n) is 14.5. The minimum absolute atomic E-state index is 0.560. The molecule has 2 rings (SSSR count). The Morgan fingerprint density at radius 2 is 1.70 bits per heavy atom. The van der Waals surface area contributed by atoms with Crippen molar-refractivity contribution in [3.05, 3.63) is 65.5 Å². The Hall–Kier alpha value is -3.29. The van der Waals surface area contributed by atoms with Crippen LogP contribution in [0.15, 0.2) is 42.5 Å². The van der Waals surface area contributed by atoms with Gasteiger partial charge in [0.1, 0.15) is 5.75 Å². The minimum Gasteiger partial charge on any atom is -0.497 e. The van der Waals surface area contributed by atoms with Crippen LogP contribution in [0.4, 0.5) is 18.9 Å². The van der Waals surface area contributed by atoms with Gasteiger partial charge >= 0.3 is 5.97 Å². The Balaban J connectivity index is 1.94. The van der Waals surface area contributed by atoms with Crippen molar-refractivity contribution < 1.29 is 32.2 Å². The molecule has 2 aromatic rings. The molecule has 27 heavy (non-hydrogen) atoms. The Labute approximate surface area is 153 Å². The van der Waals surface area contributed by atoms with Crippen LogP contribution in [0.5, 0.6) is 5.75 Å². The van der Waals surface area contributed by atoms with Crippen molar-refractivity contribution >= 4 is 23.6 Å². The van der Waals surface area contributed by atoms with E-state index in [1.165, 1.54) is 20.1 Å². The Morgan fingerprint density at radius 1 is 1.04 bits per heavy atom. The first-order valence-electron chi connectivity index (χ1n) is 7.79. The molecule has 0 saturated heterocycles. The van der Waals surface area contributed by atoms with E-state index in [4.69, 9.17) is 9.47 Å². The maximum Gasteiger partial charge on any atom is 0.331 e. The van der Waals surface area contributed by atoms with Gasteiger partial charge in [0.25, 0.3) is 5.91 Å². The van der Waals surface area contributed by atoms with Crippen LogP contribution < -0.4 is 10.1 Å². The SMILES string of the molecule is COc1ccc(/C=C/C(=O)O[C@@H](C)C(=O)Nc2ccc(F)c(F)c2F)cc1. The van der Waals surface area contributed by atoms with Crippen LogP contribution in [-0.2, 0) is 14.3 Å². The topological polar surface area (TPSA) is 64.6 Å². The predicted molar refractivity (Wildman–Crippen MR) is 92.5 cm³/mol. The third-order valence-electron chi connectivity index (χ3n) is 3.48. The first-order chi connectivity index (χ1) is 12.8. The molecule has 0 aliphatic carbocycles. The molecule has 2 aromatic carbocycles. The van der Waals surface area contributed by atoms with Gasteiger partial charge in [0.05, 0.1) is 12.8 Å². The Morgan fingerprint density at radius 3 is 2.33 bits per heavy atom. The van der Waals surface area contributed by atoms with Crippen molar-refractivity contribution in [1.82, 2.24) is 0 Å². The number of benzene rings is 2. The molecule has 0 fully saturated rings. The Bertz CT molecular complexity index is 866. The maximum atomic E-state index is 13.6. The molecule has 0 bridgehead atoms. The third kappa shape index (κ3) is 5.34. The molecular formula is C19H16F3NO4. The minimum atomic E-state index is -1.71. The van der Waals surface area contributed by atoms with E-state index >= 15 is 0 Å². The van der Waals surface area contributed by atoms with Gasteiger partial charge in [-0.15, -0.1) is 0 Å². The summed E-state index contributed by atoms with van der Waals surface area (Å²) in [5.41, 5.74) is 0.143. The predicted octanol–water partition coefficient (Wildman–Crippen LogP) is 3.70. The van der Waals surface area contributed by atoms with Crippen LogP contribution in [0.3, 0.4) is 0 Å². The van der Waals surface area contributed by atoms with E-state index in [1.807, 2.05) is 5.32 Å². The summed E-state index contributed by atoms with van der Waals surface area (Å²) in [6.45, 7) is 1.26. The van der Waals surface area contributed by atoms with E-state index in [2.05, 4.69) is 0 Å². The molecule has 8 heteroatoms. The van der Waals surface area contributed by atoms with Gasteiger partial charge in [-0.25, -0.2) is 18.0 Å². The zero-order chi connectivity index (χ0) is 20.0. The number of methoxy groups -OCH3 is 1. The number of hydrogen-bond donors (Lipinski definition) is 1. The summed E-state index contributed by atoms with van der Waals surface area (Å²) in [5, 5.41) is 2.03. The number of halogens is 3. The summed E-state index contributed by atoms with van der Waals surface area (Å²) in [4.78, 5) is 23.7. The summed E-state index contributed by atoms with van der Waals surface area (Å²) in [7, 11) is 1.53. The first kappa shape index (κ1) is 20.0. The van der Waals surface area contributed by atoms with Gasteiger partial charge in [-0.1, -0.05) is 12.1 Å². The van der Waals surface area contributed by atoms with Crippen LogP contribution in [0.2, 0.25) is 0 Å². The number of nitrogens with one attached hydrogen (secondary N) is 1. The van der Waals surface area contributed by atoms with Crippen molar-refractivity contribution in [1.29, 1.82) is 0 Å². The summed E-state index contributed by atoms with van der Waals surface area (Å²) >= 11 is 0. The second kappa shape index (κ2) is 8.88. The van der Waals surface area contributed by atoms with Gasteiger partial charge in [-0.3, -0.25) is 4.79 Å². The van der Waals surface area contributed by atoms with Gasteiger partial charge in [0.2, 0.25) is 0 Å². The van der Waals surface area contributed by atoms with E-state index in [9.17, 15) is 22.8 Å². The molecule has 0 unspecified atom stereocenters. The molecule has 1 N–H and O–H groups in total. The molecular weight excluding hydrogens is 363 g/mol. The standard InChI is InChI=1S/C19H16F3NO4/c1-11(19(25)23-15-9-8-14(20)17(21)18(15)22)27-16(24)10-5-12-3-6-13(26-2)7-4-12/h3-11H,1-2H3,(H,23,25)/b10-5+/t11-/m0/s1. The van der Waals surface area contributed by atoms with E-state index in [0.29, 0.717) is 17.4 Å². The maximum absolute atomic E-state index is 13.6. The molecule has 0 aromatic heterocycles. The molecule has 0 saturated carbocycles. The van der Waals surface area contributed by atoms with Crippen molar-refractivity contribution in [3.8, 4) is 5.75 Å². The Kier molecular flexibility index (Phi) is 6.59. The molecule has 0 radical (unpaired) electrons. The largest absolute Gasteiger partial charge is 0.497 e. The third-order valence-corrected chi connectivity index (χ3v) is 3.48. The van der Waals surface area contributed by atoms with Crippen LogP contribution in [-0.4, -0.2) is 25.1 Å². The number of hydrogen-bond acceptors (Lipinski definition) is 4. The molecule has 0 heterocycles. The molecule has 1 atom stereocenters. The highest BCUT2D eigenvalue weighted by Gasteiger charge is 2.20. The van der Waals surface area contributed by atoms with E-state index in [1.54, 1.807) is 24.3 Å². The summed E-state index contributed by atoms with van der Waals surface area (Å²) in [5.74, 6) is -5.68. The van der Waals surface area contributed by atoms with Crippen LogP contribution in [0, 0.1) is 17.5 Å². The lowest BCUT2D eigenvalue weighted by atomic mass is 10.2. The van der Waals surface area contributed by atoms with Gasteiger partial charge < -0.3 is 14.8 Å². The number of carbonyl (C=O) groups is 2. The van der Waals surface area contributed by atoms with Crippen LogP contribution >= 0.6 is 0 Å². The molecule has 0 spiro atoms. The number of carbonyl (C=O) groups excluding carboxylic acids is 2. The number of amides is 1. The second-order valence-electron chi connectivity index (χ2n) is 5.40. The normalized spacial score (nSPS) is 11.9. The lowest BCUT2D eigenvalue weighted by molar-refractivity contribution is -0.148. The monoisotopic (exact) mass is 379 g/mol. The highest BCUT2D eigenvalue weighted by Crippen LogP contribution is 2.20. The molecule has 5 nitrogen and oxygen atoms in total. The van der Waals surface area contributed by atoms with Crippen molar-refractivity contribution in [3.63, 3.8) is 0 Å². The fourth-order valence-corrected chi connectivity index (χ4v) is 2.00. The number of esters is 1. The van der Waals surface area contributed by atoms with E-state index in [-0.39, 0.29) is 0 Å². The highest BCUT2D eigenvalue weighted by molar-refractivity contribution is 5.96. The number of rotatable bonds is 6. The smallest absolute Gasteiger partial charge is 0.331 e. The van der Waals surface area contributed by atoms with Crippen molar-refractivity contribution in [2.75, 3.05) is 12.4 Å². The average molecular weight is 379 g/mol. The molecule has 0 aliphatic rings. The van der Waals surface area contributed by atoms with Crippen LogP contribution in [0.25, 0.3) is 6.08 Å². The van der Waals surface area contributed by atoms with Gasteiger partial charge in [-0.05, 0) is 42.8 Å². The van der Waals surface area contributed by atoms with Gasteiger partial charge in [-0.2, -0.15) is 0 Å². The fraction of sp³-hybridized carbons (Fsp3) is 0.158. The fourth-order valence-electron chi connectivity index (χ4n) is 2.00. The van der Waals surface area contributed by atoms with Gasteiger partial charge in [0, 0.05) is 6.08 Å². The second-order valence-corrected chi connectivity index (χ2v) is 5.40. The quantitative estimate of drug-likeness (QED) is 0.472. The van der Waals surface area contributed by atoms with Crippen molar-refractivity contribution in [2.24, 2.45) is 0 Å². The highest BCUT2D eigenvalue weighted by atomic mass is 19.2. The molecule has 142 valence electrons. The summed E-state index contributed by atoms with van der Waals surface area (Å²) < 4.78 is 49.5. The van der Waals surface area contributed by atoms with E-state index < -0.39 is 41.1 Å². The molecule has 1 amide bonds. The number of ether oxygens (including phenoxy) is 2. The average Bonchev–Trinajstić information content (AvgIpc) is 2.67. The summed E-state index contributed by atoms with van der Waals surface area (Å²) in [6, 6.07) is 8.37. The lowest BCUT2D eigenvalue weighted by Gasteiger charge is -2.13. The zero-order valence-corrected chi connectivity index (χ0v) is 14.5. The number of anilines is 1. The van der Waals surface area contributed by atoms with Gasteiger partial charge in [0.15, 0.2) is 23.6 Å². The van der Waals surface area contributed by atoms with Crippen LogP contribution in [0.1, 0.15) is 12.5 Å². The first-order valence-corrected chi connectivity index (χ1v) is 7.79. The van der Waals surface area contributed by atoms with E-state index in [0.717, 1.165) is 12.1 Å².